The Bertz CT molecular complexity index is 917. The Morgan fingerprint density at radius 3 is 2.25 bits per heavy atom. The Morgan fingerprint density at radius 1 is 0.812 bits per heavy atom. The number of fused-ring (bicyclic) bond motifs is 7. The van der Waals surface area contributed by atoms with Crippen LogP contribution in [0.4, 0.5) is 0 Å². The Labute approximate surface area is 194 Å². The summed E-state index contributed by atoms with van der Waals surface area (Å²) in [5, 5.41) is 10.9. The molecule has 178 valence electrons. The van der Waals surface area contributed by atoms with E-state index in [0.717, 1.165) is 38.5 Å². The molecular weight excluding hydrogens is 396 g/mol. The number of esters is 1. The van der Waals surface area contributed by atoms with E-state index in [2.05, 4.69) is 41.5 Å². The van der Waals surface area contributed by atoms with Crippen LogP contribution in [-0.4, -0.2) is 22.8 Å². The lowest BCUT2D eigenvalue weighted by atomic mass is 9.34. The highest BCUT2D eigenvalue weighted by atomic mass is 16.6. The number of hydrogen-bond donors (Lipinski definition) is 1. The number of allylic oxidation sites excluding steroid dienone is 1. The summed E-state index contributed by atoms with van der Waals surface area (Å²) in [7, 11) is 0. The highest BCUT2D eigenvalue weighted by molar-refractivity contribution is 5.84. The first kappa shape index (κ1) is 21.7. The third-order valence-electron chi connectivity index (χ3n) is 13.0. The van der Waals surface area contributed by atoms with Gasteiger partial charge in [0.15, 0.2) is 0 Å². The lowest BCUT2D eigenvalue weighted by Crippen LogP contribution is -2.65. The molecule has 32 heavy (non-hydrogen) atoms. The van der Waals surface area contributed by atoms with Crippen molar-refractivity contribution in [3.05, 3.63) is 11.1 Å². The molecule has 2 bridgehead atoms. The van der Waals surface area contributed by atoms with Gasteiger partial charge in [-0.05, 0) is 110 Å². The molecule has 0 aromatic heterocycles. The standard InChI is InChI=1S/C29H44O3/c1-24(2)20-9-12-28(6)21(26(20,4)11-10-22(24)30)8-7-18-19-17-25(3)13-15-29(19,23(31)32-25)16-14-27(18,28)5/h20-22,30H,7-17H2,1-6H3/t20-,21-,22-,25+,26-,27+,28+,29+/m0/s1. The zero-order valence-electron chi connectivity index (χ0n) is 21.3. The quantitative estimate of drug-likeness (QED) is 0.342. The van der Waals surface area contributed by atoms with Crippen molar-refractivity contribution in [2.24, 2.45) is 38.9 Å². The first-order valence-corrected chi connectivity index (χ1v) is 13.5. The molecule has 0 unspecified atom stereocenters. The van der Waals surface area contributed by atoms with Crippen molar-refractivity contribution >= 4 is 5.97 Å². The Hall–Kier alpha value is -0.830. The molecule has 3 nitrogen and oxygen atoms in total. The van der Waals surface area contributed by atoms with E-state index in [0.29, 0.717) is 17.3 Å². The fourth-order valence-corrected chi connectivity index (χ4v) is 10.8. The molecule has 1 N–H and O–H groups in total. The minimum Gasteiger partial charge on any atom is -0.458 e. The van der Waals surface area contributed by atoms with Crippen molar-refractivity contribution < 1.29 is 14.6 Å². The molecule has 5 aliphatic carbocycles. The van der Waals surface area contributed by atoms with Gasteiger partial charge in [0.2, 0.25) is 0 Å². The Morgan fingerprint density at radius 2 is 1.53 bits per heavy atom. The Kier molecular flexibility index (Phi) is 4.10. The van der Waals surface area contributed by atoms with Gasteiger partial charge in [-0.1, -0.05) is 40.2 Å². The molecule has 2 saturated heterocycles. The van der Waals surface area contributed by atoms with Crippen LogP contribution in [0.15, 0.2) is 11.1 Å². The normalized spacial score (nSPS) is 56.0. The number of rotatable bonds is 0. The number of carbonyl (C=O) groups is 1. The molecule has 2 aliphatic heterocycles. The minimum atomic E-state index is -0.298. The summed E-state index contributed by atoms with van der Waals surface area (Å²) in [6.45, 7) is 14.6. The smallest absolute Gasteiger partial charge is 0.316 e. The van der Waals surface area contributed by atoms with Crippen LogP contribution in [0, 0.1) is 38.9 Å². The fraction of sp³-hybridized carbons (Fsp3) is 0.897. The van der Waals surface area contributed by atoms with Gasteiger partial charge in [-0.25, -0.2) is 0 Å². The van der Waals surface area contributed by atoms with E-state index in [1.165, 1.54) is 37.7 Å². The van der Waals surface area contributed by atoms with Crippen molar-refractivity contribution in [1.82, 2.24) is 0 Å². The number of hydrogen-bond acceptors (Lipinski definition) is 3. The molecule has 7 aliphatic rings. The zero-order chi connectivity index (χ0) is 22.9. The average molecular weight is 441 g/mol. The summed E-state index contributed by atoms with van der Waals surface area (Å²) in [4.78, 5) is 13.2. The Balaban J connectivity index is 1.46. The third kappa shape index (κ3) is 2.26. The summed E-state index contributed by atoms with van der Waals surface area (Å²) in [6, 6.07) is 0. The predicted molar refractivity (Wildman–Crippen MR) is 126 cm³/mol. The monoisotopic (exact) mass is 440 g/mol. The van der Waals surface area contributed by atoms with Crippen LogP contribution in [0.2, 0.25) is 0 Å². The van der Waals surface area contributed by atoms with E-state index in [1.54, 1.807) is 5.57 Å². The minimum absolute atomic E-state index is 0.00543. The van der Waals surface area contributed by atoms with Gasteiger partial charge in [0.05, 0.1) is 11.5 Å². The molecule has 0 aromatic carbocycles. The molecule has 0 amide bonds. The van der Waals surface area contributed by atoms with Gasteiger partial charge in [-0.15, -0.1) is 0 Å². The highest BCUT2D eigenvalue weighted by Gasteiger charge is 2.69. The van der Waals surface area contributed by atoms with Crippen molar-refractivity contribution in [3.63, 3.8) is 0 Å². The molecule has 7 rings (SSSR count). The van der Waals surface area contributed by atoms with Crippen molar-refractivity contribution in [3.8, 4) is 0 Å². The largest absolute Gasteiger partial charge is 0.458 e. The first-order valence-electron chi connectivity index (χ1n) is 13.5. The molecule has 8 atom stereocenters. The second-order valence-corrected chi connectivity index (χ2v) is 14.4. The van der Waals surface area contributed by atoms with E-state index >= 15 is 0 Å². The molecule has 1 spiro atoms. The summed E-state index contributed by atoms with van der Waals surface area (Å²) in [5.41, 5.74) is 3.40. The van der Waals surface area contributed by atoms with Gasteiger partial charge in [0.1, 0.15) is 5.60 Å². The lowest BCUT2D eigenvalue weighted by molar-refractivity contribution is -0.212. The molecular formula is C29H44O3. The van der Waals surface area contributed by atoms with Crippen molar-refractivity contribution in [2.45, 2.75) is 124 Å². The van der Waals surface area contributed by atoms with Crippen LogP contribution in [0.5, 0.6) is 0 Å². The van der Waals surface area contributed by atoms with Crippen LogP contribution < -0.4 is 0 Å². The van der Waals surface area contributed by atoms with Crippen LogP contribution in [0.25, 0.3) is 0 Å². The van der Waals surface area contributed by atoms with E-state index in [9.17, 15) is 9.90 Å². The van der Waals surface area contributed by atoms with Crippen LogP contribution in [-0.2, 0) is 9.53 Å². The van der Waals surface area contributed by atoms with E-state index in [4.69, 9.17) is 4.74 Å². The number of ether oxygens (including phenoxy) is 1. The average Bonchev–Trinajstić information content (AvgIpc) is 2.71. The summed E-state index contributed by atoms with van der Waals surface area (Å²) < 4.78 is 6.00. The van der Waals surface area contributed by atoms with Crippen molar-refractivity contribution in [1.29, 1.82) is 0 Å². The molecule has 6 fully saturated rings. The van der Waals surface area contributed by atoms with Crippen LogP contribution in [0.3, 0.4) is 0 Å². The fourth-order valence-electron chi connectivity index (χ4n) is 10.8. The van der Waals surface area contributed by atoms with Gasteiger partial charge >= 0.3 is 5.97 Å². The first-order chi connectivity index (χ1) is 14.8. The molecule has 0 radical (unpaired) electrons. The molecule has 2 heterocycles. The summed E-state index contributed by atoms with van der Waals surface area (Å²) in [6.07, 6.45) is 12.0. The number of aliphatic hydroxyl groups excluding tert-OH is 1. The maximum Gasteiger partial charge on any atom is 0.316 e. The van der Waals surface area contributed by atoms with E-state index in [-0.39, 0.29) is 39.3 Å². The maximum absolute atomic E-state index is 13.2. The van der Waals surface area contributed by atoms with Crippen LogP contribution in [0.1, 0.15) is 112 Å². The SMILES string of the molecule is CC1(C)[C@@H](O)CC[C@@]2(C)[C@H]1CC[C@]1(C)[C@H]2CCC2=C3C[C@@]4(C)CC[C@]3(CC[C@]21C)C(=O)O4. The lowest BCUT2D eigenvalue weighted by Gasteiger charge is -2.71. The van der Waals surface area contributed by atoms with Gasteiger partial charge < -0.3 is 9.84 Å². The second-order valence-electron chi connectivity index (χ2n) is 14.4. The third-order valence-corrected chi connectivity index (χ3v) is 13.0. The van der Waals surface area contributed by atoms with Gasteiger partial charge in [0.25, 0.3) is 0 Å². The van der Waals surface area contributed by atoms with E-state index in [1.807, 2.05) is 0 Å². The molecule has 0 aromatic rings. The number of carbonyl (C=O) groups excluding carboxylic acids is 1. The molecule has 3 heteroatoms. The predicted octanol–water partition coefficient (Wildman–Crippen LogP) is 6.58. The molecule has 4 saturated carbocycles. The zero-order valence-corrected chi connectivity index (χ0v) is 21.3. The van der Waals surface area contributed by atoms with Gasteiger partial charge in [0, 0.05) is 6.42 Å². The van der Waals surface area contributed by atoms with Gasteiger partial charge in [-0.3, -0.25) is 4.79 Å². The topological polar surface area (TPSA) is 46.5 Å². The summed E-state index contributed by atoms with van der Waals surface area (Å²) >= 11 is 0. The second kappa shape index (κ2) is 6.04. The number of aliphatic hydroxyl groups is 1. The van der Waals surface area contributed by atoms with Gasteiger partial charge in [-0.2, -0.15) is 0 Å². The highest BCUT2D eigenvalue weighted by Crippen LogP contribution is 2.76. The van der Waals surface area contributed by atoms with E-state index < -0.39 is 0 Å². The summed E-state index contributed by atoms with van der Waals surface area (Å²) in [5.74, 6) is 1.39. The maximum atomic E-state index is 13.2. The van der Waals surface area contributed by atoms with Crippen LogP contribution >= 0.6 is 0 Å². The van der Waals surface area contributed by atoms with Crippen molar-refractivity contribution in [2.75, 3.05) is 0 Å².